The minimum atomic E-state index is -2.61. The molecular formula is C20H26O13. The molecule has 13 heteroatoms. The van der Waals surface area contributed by atoms with Crippen molar-refractivity contribution in [3.8, 4) is 0 Å². The Morgan fingerprint density at radius 2 is 1.24 bits per heavy atom. The van der Waals surface area contributed by atoms with E-state index in [4.69, 9.17) is 29.2 Å². The SMILES string of the molecule is C=C(C)C(=O)OCC(COC(=O)C(=C)C)OC(=O)CCOC(CC(=O)O)(CC(=O)O)C(=O)O. The van der Waals surface area contributed by atoms with E-state index >= 15 is 0 Å². The molecule has 184 valence electrons. The number of carbonyl (C=O) groups excluding carboxylic acids is 3. The van der Waals surface area contributed by atoms with E-state index in [9.17, 15) is 33.9 Å². The van der Waals surface area contributed by atoms with Crippen LogP contribution in [0.4, 0.5) is 0 Å². The fourth-order valence-electron chi connectivity index (χ4n) is 2.14. The Hall–Kier alpha value is -3.74. The Bertz CT molecular complexity index is 765. The molecule has 0 aromatic heterocycles. The van der Waals surface area contributed by atoms with E-state index in [0.29, 0.717) is 0 Å². The van der Waals surface area contributed by atoms with Gasteiger partial charge in [0.05, 0.1) is 25.9 Å². The Labute approximate surface area is 188 Å². The summed E-state index contributed by atoms with van der Waals surface area (Å²) in [5, 5.41) is 27.1. The maximum Gasteiger partial charge on any atom is 0.337 e. The normalized spacial score (nSPS) is 10.8. The summed E-state index contributed by atoms with van der Waals surface area (Å²) in [5.74, 6) is -7.68. The number of carboxylic acids is 3. The van der Waals surface area contributed by atoms with Crippen molar-refractivity contribution >= 4 is 35.8 Å². The molecule has 0 aliphatic heterocycles. The molecule has 0 saturated carbocycles. The molecule has 0 spiro atoms. The van der Waals surface area contributed by atoms with Crippen LogP contribution in [0, 0.1) is 0 Å². The summed E-state index contributed by atoms with van der Waals surface area (Å²) in [4.78, 5) is 68.6. The van der Waals surface area contributed by atoms with Gasteiger partial charge in [0.2, 0.25) is 0 Å². The first-order chi connectivity index (χ1) is 15.2. The first-order valence-electron chi connectivity index (χ1n) is 9.36. The third kappa shape index (κ3) is 11.4. The van der Waals surface area contributed by atoms with Gasteiger partial charge in [-0.05, 0) is 13.8 Å². The van der Waals surface area contributed by atoms with Gasteiger partial charge in [-0.1, -0.05) is 13.2 Å². The van der Waals surface area contributed by atoms with Crippen LogP contribution in [0.25, 0.3) is 0 Å². The van der Waals surface area contributed by atoms with Gasteiger partial charge in [-0.15, -0.1) is 0 Å². The monoisotopic (exact) mass is 474 g/mol. The zero-order valence-corrected chi connectivity index (χ0v) is 18.2. The van der Waals surface area contributed by atoms with Gasteiger partial charge in [0, 0.05) is 11.1 Å². The molecule has 0 rings (SSSR count). The minimum Gasteiger partial charge on any atom is -0.481 e. The lowest BCUT2D eigenvalue weighted by Gasteiger charge is -2.26. The van der Waals surface area contributed by atoms with Crippen molar-refractivity contribution in [2.75, 3.05) is 19.8 Å². The van der Waals surface area contributed by atoms with Crippen LogP contribution in [0.15, 0.2) is 24.3 Å². The lowest BCUT2D eigenvalue weighted by atomic mass is 9.95. The maximum atomic E-state index is 12.1. The van der Waals surface area contributed by atoms with E-state index in [1.807, 2.05) is 0 Å². The fraction of sp³-hybridized carbons (Fsp3) is 0.500. The van der Waals surface area contributed by atoms with E-state index in [0.717, 1.165) is 0 Å². The highest BCUT2D eigenvalue weighted by atomic mass is 16.6. The molecule has 0 bridgehead atoms. The smallest absolute Gasteiger partial charge is 0.337 e. The first-order valence-corrected chi connectivity index (χ1v) is 9.36. The number of hydrogen-bond donors (Lipinski definition) is 3. The number of ether oxygens (including phenoxy) is 4. The second kappa shape index (κ2) is 13.6. The van der Waals surface area contributed by atoms with Crippen molar-refractivity contribution in [2.45, 2.75) is 44.8 Å². The maximum absolute atomic E-state index is 12.1. The van der Waals surface area contributed by atoms with Gasteiger partial charge >= 0.3 is 35.8 Å². The van der Waals surface area contributed by atoms with Crippen molar-refractivity contribution < 1.29 is 63.0 Å². The van der Waals surface area contributed by atoms with Crippen LogP contribution in [-0.2, 0) is 47.7 Å². The minimum absolute atomic E-state index is 0.0641. The predicted octanol–water partition coefficient (Wildman–Crippen LogP) is 0.316. The molecule has 3 N–H and O–H groups in total. The molecule has 33 heavy (non-hydrogen) atoms. The van der Waals surface area contributed by atoms with E-state index < -0.39 is 86.6 Å². The number of rotatable bonds is 16. The Morgan fingerprint density at radius 1 is 0.818 bits per heavy atom. The van der Waals surface area contributed by atoms with Crippen LogP contribution in [-0.4, -0.2) is 82.7 Å². The van der Waals surface area contributed by atoms with Gasteiger partial charge in [0.15, 0.2) is 11.7 Å². The molecule has 0 aliphatic carbocycles. The highest BCUT2D eigenvalue weighted by Crippen LogP contribution is 2.22. The Balaban J connectivity index is 5.12. The highest BCUT2D eigenvalue weighted by Gasteiger charge is 2.44. The topological polar surface area (TPSA) is 200 Å². The lowest BCUT2D eigenvalue weighted by molar-refractivity contribution is -0.180. The van der Waals surface area contributed by atoms with Crippen LogP contribution in [0.5, 0.6) is 0 Å². The van der Waals surface area contributed by atoms with Gasteiger partial charge in [0.1, 0.15) is 13.2 Å². The van der Waals surface area contributed by atoms with Crippen LogP contribution < -0.4 is 0 Å². The van der Waals surface area contributed by atoms with Crippen LogP contribution in [0.2, 0.25) is 0 Å². The molecule has 0 radical (unpaired) electrons. The average Bonchev–Trinajstić information content (AvgIpc) is 2.67. The molecule has 0 fully saturated rings. The second-order valence-electron chi connectivity index (χ2n) is 6.91. The molecule has 0 amide bonds. The summed E-state index contributed by atoms with van der Waals surface area (Å²) in [7, 11) is 0. The van der Waals surface area contributed by atoms with Gasteiger partial charge in [0.25, 0.3) is 0 Å². The summed E-state index contributed by atoms with van der Waals surface area (Å²) < 4.78 is 19.7. The van der Waals surface area contributed by atoms with Crippen molar-refractivity contribution in [3.63, 3.8) is 0 Å². The van der Waals surface area contributed by atoms with E-state index in [1.54, 1.807) is 0 Å². The lowest BCUT2D eigenvalue weighted by Crippen LogP contribution is -2.46. The third-order valence-electron chi connectivity index (χ3n) is 3.74. The molecule has 0 saturated heterocycles. The van der Waals surface area contributed by atoms with Gasteiger partial charge in [-0.3, -0.25) is 14.4 Å². The zero-order valence-electron chi connectivity index (χ0n) is 18.2. The molecule has 0 aromatic rings. The Morgan fingerprint density at radius 3 is 1.58 bits per heavy atom. The molecule has 0 heterocycles. The summed E-state index contributed by atoms with van der Waals surface area (Å²) in [6, 6.07) is 0. The summed E-state index contributed by atoms with van der Waals surface area (Å²) in [6.07, 6.45) is -4.19. The van der Waals surface area contributed by atoms with Crippen molar-refractivity contribution in [1.29, 1.82) is 0 Å². The van der Waals surface area contributed by atoms with Gasteiger partial charge < -0.3 is 34.3 Å². The number of esters is 3. The van der Waals surface area contributed by atoms with Gasteiger partial charge in [-0.2, -0.15) is 0 Å². The number of hydrogen-bond acceptors (Lipinski definition) is 10. The standard InChI is InChI=1S/C20H26O13/c1-11(2)17(26)30-9-13(10-31-18(27)12(3)4)33-16(25)5-6-32-20(19(28)29,7-14(21)22)8-15(23)24/h13H,1,3,5-10H2,2,4H3,(H,21,22)(H,23,24)(H,28,29). The van der Waals surface area contributed by atoms with E-state index in [-0.39, 0.29) is 11.1 Å². The molecule has 0 aliphatic rings. The van der Waals surface area contributed by atoms with E-state index in [2.05, 4.69) is 13.2 Å². The largest absolute Gasteiger partial charge is 0.481 e. The van der Waals surface area contributed by atoms with Crippen LogP contribution >= 0.6 is 0 Å². The highest BCUT2D eigenvalue weighted by molar-refractivity contribution is 5.89. The molecule has 0 atom stereocenters. The van der Waals surface area contributed by atoms with Crippen molar-refractivity contribution in [2.24, 2.45) is 0 Å². The van der Waals surface area contributed by atoms with Crippen LogP contribution in [0.1, 0.15) is 33.1 Å². The second-order valence-corrected chi connectivity index (χ2v) is 6.91. The quantitative estimate of drug-likeness (QED) is 0.157. The molecule has 0 unspecified atom stereocenters. The summed E-state index contributed by atoms with van der Waals surface area (Å²) in [6.45, 7) is 7.82. The van der Waals surface area contributed by atoms with Crippen molar-refractivity contribution in [1.82, 2.24) is 0 Å². The number of aliphatic carboxylic acids is 3. The average molecular weight is 474 g/mol. The molecular weight excluding hydrogens is 448 g/mol. The Kier molecular flexibility index (Phi) is 12.1. The summed E-state index contributed by atoms with van der Waals surface area (Å²) in [5.41, 5.74) is -2.48. The first kappa shape index (κ1) is 29.3. The van der Waals surface area contributed by atoms with Gasteiger partial charge in [-0.25, -0.2) is 14.4 Å². The molecule has 0 aromatic carbocycles. The number of carbonyl (C=O) groups is 6. The molecule has 13 nitrogen and oxygen atoms in total. The zero-order chi connectivity index (χ0) is 25.8. The van der Waals surface area contributed by atoms with E-state index in [1.165, 1.54) is 13.8 Å². The fourth-order valence-corrected chi connectivity index (χ4v) is 2.14. The van der Waals surface area contributed by atoms with Crippen molar-refractivity contribution in [3.05, 3.63) is 24.3 Å². The third-order valence-corrected chi connectivity index (χ3v) is 3.74. The number of carboxylic acid groups (broad SMARTS) is 3. The summed E-state index contributed by atoms with van der Waals surface area (Å²) >= 11 is 0. The predicted molar refractivity (Wildman–Crippen MR) is 107 cm³/mol. The van der Waals surface area contributed by atoms with Crippen LogP contribution in [0.3, 0.4) is 0 Å².